The van der Waals surface area contributed by atoms with E-state index in [-0.39, 0.29) is 18.6 Å². The fourth-order valence-corrected chi connectivity index (χ4v) is 2.82. The zero-order chi connectivity index (χ0) is 16.5. The molecule has 0 saturated carbocycles. The Morgan fingerprint density at radius 2 is 2.00 bits per heavy atom. The first-order valence-corrected chi connectivity index (χ1v) is 8.29. The van der Waals surface area contributed by atoms with Crippen molar-refractivity contribution in [2.24, 2.45) is 0 Å². The number of ether oxygens (including phenoxy) is 1. The van der Waals surface area contributed by atoms with Gasteiger partial charge >= 0.3 is 5.97 Å². The van der Waals surface area contributed by atoms with E-state index in [1.54, 1.807) is 17.4 Å². The largest absolute Gasteiger partial charge is 0.452 e. The van der Waals surface area contributed by atoms with Gasteiger partial charge in [-0.2, -0.15) is 0 Å². The third kappa shape index (κ3) is 5.38. The molecule has 0 radical (unpaired) electrons. The molecule has 0 fully saturated rings. The number of nitrogens with one attached hydrogen (secondary N) is 1. The fraction of sp³-hybridized carbons (Fsp3) is 0.222. The molecule has 1 heterocycles. The number of allylic oxidation sites excluding steroid dienone is 1. The van der Waals surface area contributed by atoms with E-state index in [0.717, 1.165) is 16.9 Å². The minimum atomic E-state index is -0.505. The molecular formula is C18H19NO3S. The molecule has 1 atom stereocenters. The van der Waals surface area contributed by atoms with Crippen molar-refractivity contribution in [2.45, 2.75) is 19.4 Å². The van der Waals surface area contributed by atoms with Crippen LogP contribution in [0.3, 0.4) is 0 Å². The summed E-state index contributed by atoms with van der Waals surface area (Å²) in [4.78, 5) is 24.5. The first-order chi connectivity index (χ1) is 11.2. The number of amides is 1. The van der Waals surface area contributed by atoms with Crippen LogP contribution in [0.25, 0.3) is 0 Å². The van der Waals surface area contributed by atoms with E-state index in [4.69, 9.17) is 4.74 Å². The number of thiophene rings is 1. The second kappa shape index (κ2) is 8.90. The summed E-state index contributed by atoms with van der Waals surface area (Å²) in [7, 11) is 0. The average molecular weight is 329 g/mol. The summed E-state index contributed by atoms with van der Waals surface area (Å²) in [6.45, 7) is 1.63. The van der Waals surface area contributed by atoms with E-state index < -0.39 is 5.97 Å². The molecule has 1 N–H and O–H groups in total. The van der Waals surface area contributed by atoms with Gasteiger partial charge in [-0.3, -0.25) is 4.79 Å². The lowest BCUT2D eigenvalue weighted by atomic mass is 10.1. The summed E-state index contributed by atoms with van der Waals surface area (Å²) in [5.74, 6) is -0.833. The lowest BCUT2D eigenvalue weighted by Crippen LogP contribution is -2.32. The lowest BCUT2D eigenvalue weighted by molar-refractivity contribution is -0.144. The third-order valence-electron chi connectivity index (χ3n) is 3.10. The first kappa shape index (κ1) is 17.0. The Morgan fingerprint density at radius 1 is 1.22 bits per heavy atom. The highest BCUT2D eigenvalue weighted by Crippen LogP contribution is 2.25. The van der Waals surface area contributed by atoms with Crippen LogP contribution >= 0.6 is 11.3 Å². The molecule has 1 amide bonds. The van der Waals surface area contributed by atoms with Gasteiger partial charge in [-0.15, -0.1) is 11.3 Å². The van der Waals surface area contributed by atoms with Crippen molar-refractivity contribution in [1.29, 1.82) is 0 Å². The van der Waals surface area contributed by atoms with Gasteiger partial charge in [-0.25, -0.2) is 4.79 Å². The molecule has 0 saturated heterocycles. The Morgan fingerprint density at radius 3 is 2.65 bits per heavy atom. The van der Waals surface area contributed by atoms with Crippen LogP contribution in [0.1, 0.15) is 29.8 Å². The minimum absolute atomic E-state index is 0.242. The zero-order valence-corrected chi connectivity index (χ0v) is 13.7. The predicted octanol–water partition coefficient (Wildman–Crippen LogP) is 3.46. The van der Waals surface area contributed by atoms with Crippen molar-refractivity contribution in [3.63, 3.8) is 0 Å². The van der Waals surface area contributed by atoms with Gasteiger partial charge in [0.1, 0.15) is 0 Å². The molecule has 4 nitrogen and oxygen atoms in total. The molecule has 0 aliphatic heterocycles. The topological polar surface area (TPSA) is 55.4 Å². The zero-order valence-electron chi connectivity index (χ0n) is 12.9. The van der Waals surface area contributed by atoms with Crippen LogP contribution in [-0.2, 0) is 14.3 Å². The van der Waals surface area contributed by atoms with Gasteiger partial charge in [0.2, 0.25) is 0 Å². The van der Waals surface area contributed by atoms with Crippen molar-refractivity contribution < 1.29 is 14.3 Å². The molecule has 2 aromatic rings. The number of rotatable bonds is 7. The van der Waals surface area contributed by atoms with Crippen molar-refractivity contribution in [2.75, 3.05) is 6.61 Å². The van der Waals surface area contributed by atoms with Gasteiger partial charge in [0, 0.05) is 11.0 Å². The number of carbonyl (C=O) groups excluding carboxylic acids is 2. The Hall–Kier alpha value is -2.40. The molecular weight excluding hydrogens is 310 g/mol. The maximum absolute atomic E-state index is 12.1. The van der Waals surface area contributed by atoms with Crippen LogP contribution in [0.5, 0.6) is 0 Å². The van der Waals surface area contributed by atoms with E-state index in [9.17, 15) is 9.59 Å². The van der Waals surface area contributed by atoms with Crippen LogP contribution in [0.4, 0.5) is 0 Å². The highest BCUT2D eigenvalue weighted by atomic mass is 32.1. The Labute approximate surface area is 139 Å². The number of hydrogen-bond acceptors (Lipinski definition) is 4. The second-order valence-corrected chi connectivity index (χ2v) is 5.82. The van der Waals surface area contributed by atoms with E-state index in [0.29, 0.717) is 0 Å². The average Bonchev–Trinajstić information content (AvgIpc) is 3.11. The summed E-state index contributed by atoms with van der Waals surface area (Å²) >= 11 is 1.57. The second-order valence-electron chi connectivity index (χ2n) is 4.84. The number of hydrogen-bond donors (Lipinski definition) is 1. The maximum Gasteiger partial charge on any atom is 0.330 e. The standard InChI is InChI=1S/C18H19NO3S/c1-2-3-11-17(21)22-13-16(20)19-18(15-10-7-12-23-15)14-8-5-4-6-9-14/h3-12,18H,2,13H2,1H3,(H,19,20)/b11-3+/t18-/m0/s1. The monoisotopic (exact) mass is 329 g/mol. The molecule has 5 heteroatoms. The molecule has 0 bridgehead atoms. The van der Waals surface area contributed by atoms with E-state index >= 15 is 0 Å². The SMILES string of the molecule is CC/C=C/C(=O)OCC(=O)N[C@@H](c1ccccc1)c1cccs1. The van der Waals surface area contributed by atoms with Crippen molar-refractivity contribution in [3.8, 4) is 0 Å². The first-order valence-electron chi connectivity index (χ1n) is 7.41. The van der Waals surface area contributed by atoms with Gasteiger partial charge < -0.3 is 10.1 Å². The Kier molecular flexibility index (Phi) is 6.56. The molecule has 0 aliphatic carbocycles. The van der Waals surface area contributed by atoms with Gasteiger partial charge in [0.15, 0.2) is 6.61 Å². The molecule has 1 aromatic heterocycles. The molecule has 0 unspecified atom stereocenters. The van der Waals surface area contributed by atoms with Crippen LogP contribution in [0.2, 0.25) is 0 Å². The van der Waals surface area contributed by atoms with Gasteiger partial charge in [-0.1, -0.05) is 49.4 Å². The van der Waals surface area contributed by atoms with E-state index in [2.05, 4.69) is 5.32 Å². The molecule has 120 valence electrons. The third-order valence-corrected chi connectivity index (χ3v) is 4.04. The van der Waals surface area contributed by atoms with Gasteiger partial charge in [0.05, 0.1) is 6.04 Å². The quantitative estimate of drug-likeness (QED) is 0.625. The summed E-state index contributed by atoms with van der Waals surface area (Å²) in [6.07, 6.45) is 3.77. The normalized spacial score (nSPS) is 12.0. The summed E-state index contributed by atoms with van der Waals surface area (Å²) in [5, 5.41) is 4.88. The van der Waals surface area contributed by atoms with E-state index in [1.807, 2.05) is 54.8 Å². The summed E-state index contributed by atoms with van der Waals surface area (Å²) in [6, 6.07) is 13.4. The number of carbonyl (C=O) groups is 2. The molecule has 23 heavy (non-hydrogen) atoms. The van der Waals surface area contributed by atoms with Crippen LogP contribution in [0, 0.1) is 0 Å². The Balaban J connectivity index is 2.00. The molecule has 0 spiro atoms. The predicted molar refractivity (Wildman–Crippen MR) is 91.1 cm³/mol. The Bertz CT molecular complexity index is 650. The fourth-order valence-electron chi connectivity index (χ4n) is 2.02. The van der Waals surface area contributed by atoms with Crippen LogP contribution in [-0.4, -0.2) is 18.5 Å². The van der Waals surface area contributed by atoms with Crippen molar-refractivity contribution in [3.05, 3.63) is 70.4 Å². The highest BCUT2D eigenvalue weighted by molar-refractivity contribution is 7.10. The molecule has 2 rings (SSSR count). The van der Waals surface area contributed by atoms with Crippen LogP contribution in [0.15, 0.2) is 60.0 Å². The van der Waals surface area contributed by atoms with E-state index in [1.165, 1.54) is 6.08 Å². The minimum Gasteiger partial charge on any atom is -0.452 e. The number of esters is 1. The van der Waals surface area contributed by atoms with Gasteiger partial charge in [-0.05, 0) is 23.4 Å². The van der Waals surface area contributed by atoms with Crippen molar-refractivity contribution >= 4 is 23.2 Å². The maximum atomic E-state index is 12.1. The molecule has 1 aromatic carbocycles. The highest BCUT2D eigenvalue weighted by Gasteiger charge is 2.18. The summed E-state index contributed by atoms with van der Waals surface area (Å²) in [5.41, 5.74) is 0.987. The summed E-state index contributed by atoms with van der Waals surface area (Å²) < 4.78 is 4.93. The number of benzene rings is 1. The van der Waals surface area contributed by atoms with Gasteiger partial charge in [0.25, 0.3) is 5.91 Å². The van der Waals surface area contributed by atoms with Crippen molar-refractivity contribution in [1.82, 2.24) is 5.32 Å². The molecule has 0 aliphatic rings. The smallest absolute Gasteiger partial charge is 0.330 e. The van der Waals surface area contributed by atoms with Crippen LogP contribution < -0.4 is 5.32 Å². The lowest BCUT2D eigenvalue weighted by Gasteiger charge is -2.18.